The first-order valence-corrected chi connectivity index (χ1v) is 4.72. The Bertz CT molecular complexity index is 559. The van der Waals surface area contributed by atoms with Crippen molar-refractivity contribution in [1.82, 2.24) is 19.5 Å². The number of carbonyl (C=O) groups excluding carboxylic acids is 1. The van der Waals surface area contributed by atoms with E-state index in [1.165, 1.54) is 10.9 Å². The number of hydrogen-bond acceptors (Lipinski definition) is 5. The van der Waals surface area contributed by atoms with Gasteiger partial charge in [0.25, 0.3) is 0 Å². The Balaban J connectivity index is 2.64. The summed E-state index contributed by atoms with van der Waals surface area (Å²) in [6.07, 6.45) is 2.36. The number of aromatic amines is 1. The van der Waals surface area contributed by atoms with Crippen LogP contribution in [0, 0.1) is 4.77 Å². The maximum Gasteiger partial charge on any atom is 0.422 e. The summed E-state index contributed by atoms with van der Waals surface area (Å²) in [4.78, 5) is 22.1. The van der Waals surface area contributed by atoms with Crippen molar-refractivity contribution in [3.8, 4) is 0 Å². The summed E-state index contributed by atoms with van der Waals surface area (Å²) in [6, 6.07) is 0. The van der Waals surface area contributed by atoms with Crippen LogP contribution < -0.4 is 0 Å². The molecule has 2 aromatic rings. The smallest absolute Gasteiger partial charge is 0.422 e. The minimum absolute atomic E-state index is 0.254. The lowest BCUT2D eigenvalue weighted by Crippen LogP contribution is -2.13. The third kappa shape index (κ3) is 1.61. The maximum atomic E-state index is 11.5. The summed E-state index contributed by atoms with van der Waals surface area (Å²) in [5.74, 6) is 0. The van der Waals surface area contributed by atoms with Crippen molar-refractivity contribution in [2.75, 3.05) is 6.61 Å². The molecule has 0 aromatic carbocycles. The molecule has 0 aliphatic heterocycles. The first-order valence-electron chi connectivity index (χ1n) is 4.32. The highest BCUT2D eigenvalue weighted by Crippen LogP contribution is 2.09. The van der Waals surface area contributed by atoms with Gasteiger partial charge in [-0.25, -0.2) is 19.3 Å². The monoisotopic (exact) mass is 224 g/mol. The van der Waals surface area contributed by atoms with Gasteiger partial charge in [-0.3, -0.25) is 0 Å². The van der Waals surface area contributed by atoms with E-state index in [4.69, 9.17) is 17.0 Å². The molecule has 1 N–H and O–H groups in total. The Hall–Kier alpha value is -1.76. The van der Waals surface area contributed by atoms with Gasteiger partial charge < -0.3 is 9.72 Å². The van der Waals surface area contributed by atoms with Crippen LogP contribution in [0.15, 0.2) is 12.5 Å². The van der Waals surface area contributed by atoms with Crippen LogP contribution in [0.4, 0.5) is 4.79 Å². The molecule has 0 atom stereocenters. The lowest BCUT2D eigenvalue weighted by Gasteiger charge is -2.01. The van der Waals surface area contributed by atoms with Crippen LogP contribution in [-0.4, -0.2) is 32.2 Å². The van der Waals surface area contributed by atoms with Gasteiger partial charge in [0, 0.05) is 0 Å². The highest BCUT2D eigenvalue weighted by Gasteiger charge is 2.13. The molecule has 15 heavy (non-hydrogen) atoms. The molecule has 0 saturated heterocycles. The van der Waals surface area contributed by atoms with Crippen molar-refractivity contribution in [1.29, 1.82) is 0 Å². The summed E-state index contributed by atoms with van der Waals surface area (Å²) in [6.45, 7) is 2.02. The summed E-state index contributed by atoms with van der Waals surface area (Å²) in [5, 5.41) is 0. The summed E-state index contributed by atoms with van der Waals surface area (Å²) < 4.78 is 6.31. The Morgan fingerprint density at radius 3 is 3.27 bits per heavy atom. The molecule has 0 radical (unpaired) electrons. The molecule has 0 spiro atoms. The van der Waals surface area contributed by atoms with E-state index in [0.29, 0.717) is 17.8 Å². The third-order valence-electron chi connectivity index (χ3n) is 1.80. The van der Waals surface area contributed by atoms with Gasteiger partial charge in [-0.2, -0.15) is 0 Å². The predicted molar refractivity (Wildman–Crippen MR) is 55.1 cm³/mol. The van der Waals surface area contributed by atoms with Gasteiger partial charge in [-0.15, -0.1) is 0 Å². The van der Waals surface area contributed by atoms with E-state index in [2.05, 4.69) is 15.0 Å². The van der Waals surface area contributed by atoms with Crippen LogP contribution in [0.2, 0.25) is 0 Å². The summed E-state index contributed by atoms with van der Waals surface area (Å²) in [5.41, 5.74) is 1.03. The zero-order chi connectivity index (χ0) is 10.8. The molecule has 2 heterocycles. The largest absolute Gasteiger partial charge is 0.449 e. The number of ether oxygens (including phenoxy) is 1. The third-order valence-corrected chi connectivity index (χ3v) is 2.08. The molecule has 78 valence electrons. The Morgan fingerprint density at radius 2 is 2.53 bits per heavy atom. The van der Waals surface area contributed by atoms with Crippen molar-refractivity contribution in [2.45, 2.75) is 6.92 Å². The van der Waals surface area contributed by atoms with E-state index in [0.717, 1.165) is 0 Å². The summed E-state index contributed by atoms with van der Waals surface area (Å²) in [7, 11) is 0. The molecule has 0 amide bonds. The van der Waals surface area contributed by atoms with Gasteiger partial charge >= 0.3 is 6.09 Å². The molecule has 7 heteroatoms. The molecule has 0 saturated carbocycles. The number of H-pyrrole nitrogens is 1. The van der Waals surface area contributed by atoms with Crippen LogP contribution >= 0.6 is 12.2 Å². The van der Waals surface area contributed by atoms with E-state index in [1.54, 1.807) is 13.1 Å². The fourth-order valence-corrected chi connectivity index (χ4v) is 1.49. The fraction of sp³-hybridized carbons (Fsp3) is 0.250. The molecule has 0 unspecified atom stereocenters. The number of hydrogen-bond donors (Lipinski definition) is 1. The van der Waals surface area contributed by atoms with Gasteiger partial charge in [0.05, 0.1) is 12.8 Å². The quantitative estimate of drug-likeness (QED) is 0.743. The van der Waals surface area contributed by atoms with Crippen molar-refractivity contribution in [3.63, 3.8) is 0 Å². The number of nitrogens with zero attached hydrogens (tertiary/aromatic N) is 3. The minimum Gasteiger partial charge on any atom is -0.449 e. The highest BCUT2D eigenvalue weighted by molar-refractivity contribution is 7.71. The van der Waals surface area contributed by atoms with Crippen LogP contribution in [0.1, 0.15) is 6.92 Å². The zero-order valence-electron chi connectivity index (χ0n) is 7.93. The number of imidazole rings is 1. The van der Waals surface area contributed by atoms with Crippen LogP contribution in [-0.2, 0) is 4.74 Å². The molecule has 0 aliphatic rings. The average Bonchev–Trinajstić information content (AvgIpc) is 2.54. The second-order valence-electron chi connectivity index (χ2n) is 2.72. The second kappa shape index (κ2) is 3.77. The number of carbonyl (C=O) groups is 1. The van der Waals surface area contributed by atoms with E-state index in [1.807, 2.05) is 0 Å². The van der Waals surface area contributed by atoms with Gasteiger partial charge in [0.1, 0.15) is 11.8 Å². The Labute approximate surface area is 89.9 Å². The van der Waals surface area contributed by atoms with E-state index < -0.39 is 6.09 Å². The number of nitrogens with one attached hydrogen (secondary N) is 1. The molecule has 2 aromatic heterocycles. The summed E-state index contributed by atoms with van der Waals surface area (Å²) >= 11 is 4.98. The topological polar surface area (TPSA) is 72.8 Å². The Kier molecular flexibility index (Phi) is 2.46. The zero-order valence-corrected chi connectivity index (χ0v) is 8.74. The lowest BCUT2D eigenvalue weighted by atomic mass is 10.6. The molecule has 0 fully saturated rings. The van der Waals surface area contributed by atoms with Crippen molar-refractivity contribution in [3.05, 3.63) is 17.3 Å². The van der Waals surface area contributed by atoms with Crippen LogP contribution in [0.5, 0.6) is 0 Å². The van der Waals surface area contributed by atoms with Gasteiger partial charge in [0.15, 0.2) is 10.4 Å². The normalized spacial score (nSPS) is 10.5. The second-order valence-corrected chi connectivity index (χ2v) is 3.11. The average molecular weight is 224 g/mol. The first kappa shape index (κ1) is 9.78. The molecule has 6 nitrogen and oxygen atoms in total. The molecular formula is C8H8N4O2S. The van der Waals surface area contributed by atoms with E-state index >= 15 is 0 Å². The van der Waals surface area contributed by atoms with Crippen LogP contribution in [0.3, 0.4) is 0 Å². The molecule has 0 bridgehead atoms. The van der Waals surface area contributed by atoms with Crippen molar-refractivity contribution in [2.24, 2.45) is 0 Å². The number of aromatic nitrogens is 4. The number of fused-ring (bicyclic) bond motifs is 1. The predicted octanol–water partition coefficient (Wildman–Crippen LogP) is 1.49. The first-order chi connectivity index (χ1) is 7.24. The Morgan fingerprint density at radius 1 is 1.73 bits per heavy atom. The molecule has 2 rings (SSSR count). The van der Waals surface area contributed by atoms with Crippen molar-refractivity contribution >= 4 is 29.5 Å². The van der Waals surface area contributed by atoms with Gasteiger partial charge in [-0.1, -0.05) is 0 Å². The van der Waals surface area contributed by atoms with Crippen LogP contribution in [0.25, 0.3) is 11.2 Å². The SMILES string of the molecule is CCOC(=O)n1c(=S)[nH]c2cncnc21. The van der Waals surface area contributed by atoms with Crippen molar-refractivity contribution < 1.29 is 9.53 Å². The fourth-order valence-electron chi connectivity index (χ4n) is 1.21. The van der Waals surface area contributed by atoms with Gasteiger partial charge in [0.2, 0.25) is 0 Å². The van der Waals surface area contributed by atoms with E-state index in [9.17, 15) is 4.79 Å². The maximum absolute atomic E-state index is 11.5. The standard InChI is InChI=1S/C8H8N4O2S/c1-2-14-8(13)12-6-5(11-7(12)15)3-9-4-10-6/h3-4H,2H2,1H3,(H,11,15). The van der Waals surface area contributed by atoms with Gasteiger partial charge in [-0.05, 0) is 19.1 Å². The van der Waals surface area contributed by atoms with E-state index in [-0.39, 0.29) is 4.77 Å². The molecule has 0 aliphatic carbocycles. The number of rotatable bonds is 1. The molecular weight excluding hydrogens is 216 g/mol. The highest BCUT2D eigenvalue weighted by atomic mass is 32.1. The lowest BCUT2D eigenvalue weighted by molar-refractivity contribution is 0.154. The minimum atomic E-state index is -0.535.